The number of unbranched alkanes of at least 4 members (excludes halogenated alkanes) is 1. The van der Waals surface area contributed by atoms with Crippen molar-refractivity contribution < 1.29 is 44.1 Å². The molecule has 3 atom stereocenters. The summed E-state index contributed by atoms with van der Waals surface area (Å²) in [5.41, 5.74) is 0.952. The molecule has 3 aromatic carbocycles. The molecular formula is C38H49N5O9. The predicted octanol–water partition coefficient (Wildman–Crippen LogP) is 3.40. The van der Waals surface area contributed by atoms with E-state index in [1.165, 1.54) is 0 Å². The standard InChI is InChI=1S/C38H49N5O9/c1-39-22-23-13-15-24(16-14-23)34(46)41-32(21-29-27-10-4-2-8-25(27)20-26-9-3-5-11-28(26)29)35(47)40-19-7-6-12-30(36(48)49)42-38(52)43-31(37(50)51)17-18-33(44)45/h2-5,8-11,20,23-24,30-32,39H,6-7,12-19,21-22H2,1H3,(H,40,47)(H,41,46)(H,44,45)(H,48,49)(H,50,51)(H2,42,43,52)/t23-,24-,30-,31-,32-/m0/s1. The highest BCUT2D eigenvalue weighted by molar-refractivity contribution is 6.03. The average molecular weight is 720 g/mol. The summed E-state index contributed by atoms with van der Waals surface area (Å²) in [5.74, 6) is -4.18. The van der Waals surface area contributed by atoms with Crippen molar-refractivity contribution in [1.29, 1.82) is 0 Å². The number of carbonyl (C=O) groups is 6. The molecule has 0 heterocycles. The Hall–Kier alpha value is -5.24. The van der Waals surface area contributed by atoms with E-state index in [0.717, 1.165) is 59.3 Å². The molecule has 4 amide bonds. The van der Waals surface area contributed by atoms with Crippen LogP contribution in [-0.4, -0.2) is 89.3 Å². The van der Waals surface area contributed by atoms with E-state index in [1.807, 2.05) is 55.6 Å². The first-order chi connectivity index (χ1) is 25.0. The van der Waals surface area contributed by atoms with E-state index in [9.17, 15) is 39.0 Å². The van der Waals surface area contributed by atoms with Gasteiger partial charge in [0.05, 0.1) is 0 Å². The van der Waals surface area contributed by atoms with Crippen LogP contribution in [0.15, 0.2) is 54.6 Å². The molecule has 1 fully saturated rings. The zero-order valence-corrected chi connectivity index (χ0v) is 29.4. The van der Waals surface area contributed by atoms with Crippen molar-refractivity contribution >= 4 is 57.3 Å². The lowest BCUT2D eigenvalue weighted by Gasteiger charge is -2.29. The Morgan fingerprint density at radius 3 is 1.87 bits per heavy atom. The highest BCUT2D eigenvalue weighted by Crippen LogP contribution is 2.31. The minimum absolute atomic E-state index is 0.0100. The van der Waals surface area contributed by atoms with Gasteiger partial charge in [0, 0.05) is 25.3 Å². The molecule has 1 saturated carbocycles. The number of benzene rings is 3. The quantitative estimate of drug-likeness (QED) is 0.0666. The van der Waals surface area contributed by atoms with Gasteiger partial charge in [0.15, 0.2) is 0 Å². The lowest BCUT2D eigenvalue weighted by Crippen LogP contribution is -2.51. The first-order valence-corrected chi connectivity index (χ1v) is 17.8. The molecule has 0 aliphatic heterocycles. The van der Waals surface area contributed by atoms with Crippen LogP contribution in [0.25, 0.3) is 21.5 Å². The van der Waals surface area contributed by atoms with Crippen LogP contribution in [0, 0.1) is 11.8 Å². The van der Waals surface area contributed by atoms with Gasteiger partial charge >= 0.3 is 23.9 Å². The van der Waals surface area contributed by atoms with E-state index >= 15 is 0 Å². The molecule has 0 bridgehead atoms. The summed E-state index contributed by atoms with van der Waals surface area (Å²) in [7, 11) is 1.92. The summed E-state index contributed by atoms with van der Waals surface area (Å²) < 4.78 is 0. The van der Waals surface area contributed by atoms with Crippen molar-refractivity contribution in [3.63, 3.8) is 0 Å². The smallest absolute Gasteiger partial charge is 0.326 e. The van der Waals surface area contributed by atoms with E-state index in [0.29, 0.717) is 18.8 Å². The minimum Gasteiger partial charge on any atom is -0.481 e. The summed E-state index contributed by atoms with van der Waals surface area (Å²) in [4.78, 5) is 73.8. The fraction of sp³-hybridized carbons (Fsp3) is 0.474. The number of carboxylic acid groups (broad SMARTS) is 3. The molecule has 0 saturated heterocycles. The van der Waals surface area contributed by atoms with Gasteiger partial charge in [-0.25, -0.2) is 14.4 Å². The average Bonchev–Trinajstić information content (AvgIpc) is 3.12. The lowest BCUT2D eigenvalue weighted by molar-refractivity contribution is -0.141. The fourth-order valence-corrected chi connectivity index (χ4v) is 6.90. The molecular weight excluding hydrogens is 670 g/mol. The molecule has 0 spiro atoms. The second kappa shape index (κ2) is 19.4. The maximum atomic E-state index is 13.8. The number of carbonyl (C=O) groups excluding carboxylic acids is 3. The van der Waals surface area contributed by atoms with Gasteiger partial charge in [-0.1, -0.05) is 48.5 Å². The molecule has 0 radical (unpaired) electrons. The largest absolute Gasteiger partial charge is 0.481 e. The molecule has 8 N–H and O–H groups in total. The van der Waals surface area contributed by atoms with Crippen LogP contribution in [-0.2, 0) is 30.4 Å². The van der Waals surface area contributed by atoms with Crippen molar-refractivity contribution in [3.8, 4) is 0 Å². The molecule has 0 unspecified atom stereocenters. The van der Waals surface area contributed by atoms with Crippen molar-refractivity contribution in [2.24, 2.45) is 11.8 Å². The van der Waals surface area contributed by atoms with Gasteiger partial charge in [0.25, 0.3) is 0 Å². The maximum absolute atomic E-state index is 13.8. The molecule has 280 valence electrons. The summed E-state index contributed by atoms with van der Waals surface area (Å²) in [6, 6.07) is 13.2. The second-order valence-electron chi connectivity index (χ2n) is 13.5. The highest BCUT2D eigenvalue weighted by Gasteiger charge is 2.30. The normalized spacial score (nSPS) is 17.4. The Kier molecular flexibility index (Phi) is 14.7. The van der Waals surface area contributed by atoms with Gasteiger partial charge in [-0.3, -0.25) is 14.4 Å². The number of carboxylic acids is 3. The number of nitrogens with one attached hydrogen (secondary N) is 5. The first kappa shape index (κ1) is 39.5. The summed E-state index contributed by atoms with van der Waals surface area (Å²) in [6.07, 6.45) is 3.41. The van der Waals surface area contributed by atoms with Gasteiger partial charge in [-0.05, 0) is 104 Å². The number of fused-ring (bicyclic) bond motifs is 2. The topological polar surface area (TPSA) is 223 Å². The first-order valence-electron chi connectivity index (χ1n) is 17.8. The fourth-order valence-electron chi connectivity index (χ4n) is 6.90. The van der Waals surface area contributed by atoms with Crippen molar-refractivity contribution in [1.82, 2.24) is 26.6 Å². The molecule has 4 rings (SSSR count). The van der Waals surface area contributed by atoms with Crippen LogP contribution >= 0.6 is 0 Å². The van der Waals surface area contributed by atoms with Gasteiger partial charge in [0.1, 0.15) is 18.1 Å². The molecule has 1 aliphatic rings. The Balaban J connectivity index is 1.40. The van der Waals surface area contributed by atoms with Gasteiger partial charge in [-0.15, -0.1) is 0 Å². The Labute approximate surface area is 302 Å². The number of rotatable bonds is 19. The van der Waals surface area contributed by atoms with Gasteiger partial charge in [0.2, 0.25) is 11.8 Å². The molecule has 14 nitrogen and oxygen atoms in total. The minimum atomic E-state index is -1.51. The van der Waals surface area contributed by atoms with Gasteiger partial charge < -0.3 is 41.9 Å². The molecule has 0 aromatic heterocycles. The Morgan fingerprint density at radius 1 is 0.731 bits per heavy atom. The molecule has 52 heavy (non-hydrogen) atoms. The van der Waals surface area contributed by atoms with E-state index < -0.39 is 48.5 Å². The number of aliphatic carboxylic acids is 3. The monoisotopic (exact) mass is 719 g/mol. The summed E-state index contributed by atoms with van der Waals surface area (Å²) >= 11 is 0. The number of amides is 4. The Bertz CT molecular complexity index is 1690. The van der Waals surface area contributed by atoms with Crippen LogP contribution in [0.4, 0.5) is 4.79 Å². The SMILES string of the molecule is CNC[C@H]1CC[C@H](C(=O)N[C@@H](Cc2c3ccccc3cc3ccccc23)C(=O)NCCCC[C@H](NC(=O)N[C@@H](CCC(=O)O)C(=O)O)C(=O)O)CC1. The number of hydrogen-bond acceptors (Lipinski definition) is 7. The van der Waals surface area contributed by atoms with E-state index in [2.05, 4.69) is 32.7 Å². The lowest BCUT2D eigenvalue weighted by atomic mass is 9.81. The van der Waals surface area contributed by atoms with Gasteiger partial charge in [-0.2, -0.15) is 0 Å². The highest BCUT2D eigenvalue weighted by atomic mass is 16.4. The third-order valence-corrected chi connectivity index (χ3v) is 9.71. The second-order valence-corrected chi connectivity index (χ2v) is 13.5. The van der Waals surface area contributed by atoms with E-state index in [-0.39, 0.29) is 43.5 Å². The summed E-state index contributed by atoms with van der Waals surface area (Å²) in [5, 5.41) is 45.3. The Morgan fingerprint density at radius 2 is 1.31 bits per heavy atom. The third-order valence-electron chi connectivity index (χ3n) is 9.71. The zero-order chi connectivity index (χ0) is 37.6. The van der Waals surface area contributed by atoms with E-state index in [4.69, 9.17) is 5.11 Å². The van der Waals surface area contributed by atoms with Crippen LogP contribution in [0.1, 0.15) is 63.4 Å². The van der Waals surface area contributed by atoms with Crippen LogP contribution in [0.3, 0.4) is 0 Å². The van der Waals surface area contributed by atoms with Crippen molar-refractivity contribution in [3.05, 3.63) is 60.2 Å². The predicted molar refractivity (Wildman–Crippen MR) is 195 cm³/mol. The maximum Gasteiger partial charge on any atom is 0.326 e. The molecule has 1 aliphatic carbocycles. The van der Waals surface area contributed by atoms with Crippen LogP contribution < -0.4 is 26.6 Å². The number of hydrogen-bond donors (Lipinski definition) is 8. The third kappa shape index (κ3) is 11.4. The van der Waals surface area contributed by atoms with Crippen molar-refractivity contribution in [2.75, 3.05) is 20.1 Å². The zero-order valence-electron chi connectivity index (χ0n) is 29.4. The number of urea groups is 1. The summed E-state index contributed by atoms with van der Waals surface area (Å²) in [6.45, 7) is 1.09. The molecule has 14 heteroatoms. The van der Waals surface area contributed by atoms with Crippen LogP contribution in [0.2, 0.25) is 0 Å². The van der Waals surface area contributed by atoms with Crippen molar-refractivity contribution in [2.45, 2.75) is 82.3 Å². The van der Waals surface area contributed by atoms with Crippen LogP contribution in [0.5, 0.6) is 0 Å². The van der Waals surface area contributed by atoms with E-state index in [1.54, 1.807) is 0 Å². The molecule has 3 aromatic rings.